The summed E-state index contributed by atoms with van der Waals surface area (Å²) in [7, 11) is 0.306. The summed E-state index contributed by atoms with van der Waals surface area (Å²) in [5, 5.41) is 7.60. The molecule has 0 amide bonds. The average Bonchev–Trinajstić information content (AvgIpc) is 1.73. The third kappa shape index (κ3) is 32.1. The van der Waals surface area contributed by atoms with Gasteiger partial charge >= 0.3 is 5.97 Å². The highest BCUT2D eigenvalue weighted by Crippen LogP contribution is 1.54. The van der Waals surface area contributed by atoms with Crippen LogP contribution in [0.3, 0.4) is 0 Å². The molecular weight excluding hydrogens is 112 g/mol. The van der Waals surface area contributed by atoms with Gasteiger partial charge in [-0.15, -0.1) is 0 Å². The molecule has 0 saturated heterocycles. The van der Waals surface area contributed by atoms with Crippen LogP contribution in [0.1, 0.15) is 0 Å². The smallest absolute Gasteiger partial charge is 0.327 e. The minimum atomic E-state index is -0.981. The lowest BCUT2D eigenvalue weighted by atomic mass is 10.7. The highest BCUT2D eigenvalue weighted by atomic mass is 28.2. The van der Waals surface area contributed by atoms with Crippen molar-refractivity contribution < 1.29 is 14.7 Å². The van der Waals surface area contributed by atoms with Gasteiger partial charge in [0, 0.05) is 6.08 Å². The molecule has 0 aliphatic rings. The van der Waals surface area contributed by atoms with Crippen LogP contribution in [0.2, 0.25) is 0 Å². The Labute approximate surface area is 44.8 Å². The SMILES string of the molecule is C=CC(=O)O.O[SiH3]. The largest absolute Gasteiger partial charge is 0.478 e. The number of carbonyl (C=O) groups is 1. The van der Waals surface area contributed by atoms with Crippen LogP contribution in [-0.4, -0.2) is 26.4 Å². The Morgan fingerprint density at radius 3 is 1.86 bits per heavy atom. The van der Waals surface area contributed by atoms with E-state index in [0.717, 1.165) is 6.08 Å². The first-order valence-corrected chi connectivity index (χ1v) is 2.47. The Hall–Kier alpha value is -0.613. The molecule has 0 radical (unpaired) electrons. The van der Waals surface area contributed by atoms with E-state index >= 15 is 0 Å². The van der Waals surface area contributed by atoms with Crippen LogP contribution in [-0.2, 0) is 4.79 Å². The van der Waals surface area contributed by atoms with Crippen LogP contribution >= 0.6 is 0 Å². The molecule has 0 rings (SSSR count). The van der Waals surface area contributed by atoms with Gasteiger partial charge < -0.3 is 9.90 Å². The van der Waals surface area contributed by atoms with Gasteiger partial charge in [-0.3, -0.25) is 0 Å². The molecule has 7 heavy (non-hydrogen) atoms. The molecule has 3 nitrogen and oxygen atoms in total. The molecule has 0 unspecified atom stereocenters. The summed E-state index contributed by atoms with van der Waals surface area (Å²) in [6.07, 6.45) is 0.833. The second kappa shape index (κ2) is 9.04. The van der Waals surface area contributed by atoms with E-state index in [0.29, 0.717) is 10.5 Å². The zero-order valence-electron chi connectivity index (χ0n) is 4.09. The second-order valence-corrected chi connectivity index (χ2v) is 0.542. The lowest BCUT2D eigenvalue weighted by Gasteiger charge is -1.64. The number of rotatable bonds is 1. The monoisotopic (exact) mass is 120 g/mol. The first-order valence-electron chi connectivity index (χ1n) is 1.57. The molecule has 0 aromatic carbocycles. The Morgan fingerprint density at radius 1 is 1.71 bits per heavy atom. The highest BCUT2D eigenvalue weighted by Gasteiger charge is 1.73. The quantitative estimate of drug-likeness (QED) is 0.327. The standard InChI is InChI=1S/C3H4O2.H4OSi/c1-2-3(4)5;1-2/h2H,1H2,(H,4,5);1H,2H3. The van der Waals surface area contributed by atoms with Crippen molar-refractivity contribution in [2.24, 2.45) is 0 Å². The highest BCUT2D eigenvalue weighted by molar-refractivity contribution is 5.95. The molecule has 0 bridgehead atoms. The van der Waals surface area contributed by atoms with Crippen LogP contribution in [0.5, 0.6) is 0 Å². The lowest BCUT2D eigenvalue weighted by molar-refractivity contribution is -0.131. The first-order chi connectivity index (χ1) is 3.27. The molecule has 4 heteroatoms. The van der Waals surface area contributed by atoms with E-state index in [9.17, 15) is 4.79 Å². The maximum absolute atomic E-state index is 9.25. The molecule has 0 spiro atoms. The second-order valence-electron chi connectivity index (χ2n) is 0.542. The van der Waals surface area contributed by atoms with Gasteiger partial charge in [-0.25, -0.2) is 4.79 Å². The van der Waals surface area contributed by atoms with E-state index in [-0.39, 0.29) is 0 Å². The number of hydrogen-bond donors (Lipinski definition) is 2. The molecule has 0 aliphatic heterocycles. The number of carboxylic acid groups (broad SMARTS) is 1. The number of aliphatic carboxylic acids is 1. The molecule has 0 heterocycles. The Kier molecular flexibility index (Phi) is 12.4. The predicted molar refractivity (Wildman–Crippen MR) is 30.0 cm³/mol. The van der Waals surface area contributed by atoms with Crippen molar-refractivity contribution >= 4 is 16.5 Å². The van der Waals surface area contributed by atoms with Crippen molar-refractivity contribution in [1.82, 2.24) is 0 Å². The predicted octanol–water partition coefficient (Wildman–Crippen LogP) is -1.48. The molecule has 0 aliphatic carbocycles. The van der Waals surface area contributed by atoms with Crippen LogP contribution in [0.4, 0.5) is 0 Å². The van der Waals surface area contributed by atoms with Gasteiger partial charge in [0.2, 0.25) is 0 Å². The summed E-state index contributed by atoms with van der Waals surface area (Å²) in [6.45, 7) is 2.96. The normalized spacial score (nSPS) is 5.86. The fraction of sp³-hybridized carbons (Fsp3) is 0. The maximum Gasteiger partial charge on any atom is 0.327 e. The van der Waals surface area contributed by atoms with Crippen LogP contribution < -0.4 is 0 Å². The lowest BCUT2D eigenvalue weighted by Crippen LogP contribution is -1.82. The van der Waals surface area contributed by atoms with Crippen molar-refractivity contribution in [3.8, 4) is 0 Å². The molecule has 0 aromatic heterocycles. The number of carboxylic acids is 1. The summed E-state index contributed by atoms with van der Waals surface area (Å²) in [5.74, 6) is -0.981. The van der Waals surface area contributed by atoms with E-state index in [4.69, 9.17) is 9.90 Å². The summed E-state index contributed by atoms with van der Waals surface area (Å²) >= 11 is 0. The summed E-state index contributed by atoms with van der Waals surface area (Å²) in [5.41, 5.74) is 0. The molecule has 0 aromatic rings. The van der Waals surface area contributed by atoms with Crippen LogP contribution in [0.25, 0.3) is 0 Å². The summed E-state index contributed by atoms with van der Waals surface area (Å²) < 4.78 is 0. The fourth-order valence-corrected chi connectivity index (χ4v) is 0. The average molecular weight is 120 g/mol. The third-order valence-electron chi connectivity index (χ3n) is 0.175. The molecule has 42 valence electrons. The third-order valence-corrected chi connectivity index (χ3v) is 0.175. The minimum absolute atomic E-state index is 0.306. The zero-order chi connectivity index (χ0) is 6.28. The molecule has 0 saturated carbocycles. The van der Waals surface area contributed by atoms with E-state index in [2.05, 4.69) is 6.58 Å². The Bertz CT molecular complexity index is 61.2. The van der Waals surface area contributed by atoms with E-state index in [1.807, 2.05) is 0 Å². The molecule has 0 atom stereocenters. The molecule has 2 N–H and O–H groups in total. The van der Waals surface area contributed by atoms with Crippen molar-refractivity contribution in [2.75, 3.05) is 0 Å². The fourth-order valence-electron chi connectivity index (χ4n) is 0. The van der Waals surface area contributed by atoms with E-state index in [1.165, 1.54) is 0 Å². The van der Waals surface area contributed by atoms with E-state index < -0.39 is 5.97 Å². The van der Waals surface area contributed by atoms with Gasteiger partial charge in [-0.2, -0.15) is 0 Å². The molecule has 0 fully saturated rings. The molecular formula is C3H8O3Si. The van der Waals surface area contributed by atoms with Crippen molar-refractivity contribution in [3.63, 3.8) is 0 Å². The maximum atomic E-state index is 9.25. The Morgan fingerprint density at radius 2 is 1.86 bits per heavy atom. The zero-order valence-corrected chi connectivity index (χ0v) is 6.09. The first kappa shape index (κ1) is 9.63. The van der Waals surface area contributed by atoms with Gasteiger partial charge in [-0.1, -0.05) is 6.58 Å². The van der Waals surface area contributed by atoms with Gasteiger partial charge in [0.05, 0.1) is 0 Å². The van der Waals surface area contributed by atoms with Crippen molar-refractivity contribution in [2.45, 2.75) is 0 Å². The summed E-state index contributed by atoms with van der Waals surface area (Å²) in [6, 6.07) is 0. The minimum Gasteiger partial charge on any atom is -0.478 e. The van der Waals surface area contributed by atoms with Gasteiger partial charge in [-0.05, 0) is 0 Å². The Balaban J connectivity index is 0. The van der Waals surface area contributed by atoms with Crippen LogP contribution in [0.15, 0.2) is 12.7 Å². The van der Waals surface area contributed by atoms with Crippen LogP contribution in [0, 0.1) is 0 Å². The topological polar surface area (TPSA) is 57.5 Å². The van der Waals surface area contributed by atoms with Gasteiger partial charge in [0.25, 0.3) is 0 Å². The summed E-state index contributed by atoms with van der Waals surface area (Å²) in [4.78, 5) is 16.4. The van der Waals surface area contributed by atoms with Gasteiger partial charge in [0.15, 0.2) is 0 Å². The number of hydrogen-bond acceptors (Lipinski definition) is 2. The van der Waals surface area contributed by atoms with Crippen molar-refractivity contribution in [3.05, 3.63) is 12.7 Å². The van der Waals surface area contributed by atoms with Gasteiger partial charge in [0.1, 0.15) is 10.5 Å². The van der Waals surface area contributed by atoms with Crippen molar-refractivity contribution in [1.29, 1.82) is 0 Å². The van der Waals surface area contributed by atoms with E-state index in [1.54, 1.807) is 0 Å².